The van der Waals surface area contributed by atoms with Crippen LogP contribution in [0.3, 0.4) is 0 Å². The topological polar surface area (TPSA) is 97.6 Å². The van der Waals surface area contributed by atoms with Gasteiger partial charge >= 0.3 is 0 Å². The first-order chi connectivity index (χ1) is 13.7. The molecule has 0 spiro atoms. The van der Waals surface area contributed by atoms with E-state index in [2.05, 4.69) is 16.2 Å². The van der Waals surface area contributed by atoms with Gasteiger partial charge in [-0.3, -0.25) is 4.79 Å². The SMILES string of the molecule is COc1ccc2c(c1)OCC(CNC(=O)C1NNC(N)C1c1ccccc1)C2. The third kappa shape index (κ3) is 3.82. The summed E-state index contributed by atoms with van der Waals surface area (Å²) in [5.74, 6) is 1.68. The molecule has 4 rings (SSSR count). The highest BCUT2D eigenvalue weighted by atomic mass is 16.5. The molecular weight excluding hydrogens is 356 g/mol. The Balaban J connectivity index is 1.36. The summed E-state index contributed by atoms with van der Waals surface area (Å²) >= 11 is 0. The molecule has 1 saturated heterocycles. The average molecular weight is 382 g/mol. The number of nitrogens with two attached hydrogens (primary N) is 1. The summed E-state index contributed by atoms with van der Waals surface area (Å²) in [6, 6.07) is 15.3. The summed E-state index contributed by atoms with van der Waals surface area (Å²) in [5, 5.41) is 3.07. The summed E-state index contributed by atoms with van der Waals surface area (Å²) in [4.78, 5) is 12.8. The second-order valence-electron chi connectivity index (χ2n) is 7.33. The fourth-order valence-corrected chi connectivity index (χ4v) is 3.90. The number of hydrogen-bond acceptors (Lipinski definition) is 6. The number of hydrogen-bond donors (Lipinski definition) is 4. The van der Waals surface area contributed by atoms with Crippen LogP contribution in [0.25, 0.3) is 0 Å². The van der Waals surface area contributed by atoms with Crippen molar-refractivity contribution in [2.45, 2.75) is 24.5 Å². The van der Waals surface area contributed by atoms with Crippen LogP contribution in [-0.2, 0) is 11.2 Å². The van der Waals surface area contributed by atoms with Crippen LogP contribution in [0.2, 0.25) is 0 Å². The molecule has 7 heteroatoms. The van der Waals surface area contributed by atoms with Crippen LogP contribution < -0.4 is 31.4 Å². The van der Waals surface area contributed by atoms with Gasteiger partial charge in [0.1, 0.15) is 17.5 Å². The molecule has 4 unspecified atom stereocenters. The molecule has 0 radical (unpaired) electrons. The molecule has 28 heavy (non-hydrogen) atoms. The predicted octanol–water partition coefficient (Wildman–Crippen LogP) is 0.908. The predicted molar refractivity (Wildman–Crippen MR) is 106 cm³/mol. The molecule has 7 nitrogen and oxygen atoms in total. The number of ether oxygens (including phenoxy) is 2. The molecule has 0 aliphatic carbocycles. The first-order valence-corrected chi connectivity index (χ1v) is 9.54. The lowest BCUT2D eigenvalue weighted by atomic mass is 9.90. The highest BCUT2D eigenvalue weighted by Crippen LogP contribution is 2.31. The van der Waals surface area contributed by atoms with E-state index in [-0.39, 0.29) is 23.9 Å². The van der Waals surface area contributed by atoms with Gasteiger partial charge in [0.25, 0.3) is 0 Å². The Morgan fingerprint density at radius 3 is 2.86 bits per heavy atom. The Labute approximate surface area is 164 Å². The van der Waals surface area contributed by atoms with Crippen molar-refractivity contribution in [3.8, 4) is 11.5 Å². The first kappa shape index (κ1) is 18.7. The van der Waals surface area contributed by atoms with Crippen LogP contribution >= 0.6 is 0 Å². The molecule has 4 atom stereocenters. The fraction of sp³-hybridized carbons (Fsp3) is 0.381. The maximum atomic E-state index is 12.8. The zero-order valence-corrected chi connectivity index (χ0v) is 15.9. The van der Waals surface area contributed by atoms with Crippen molar-refractivity contribution in [2.24, 2.45) is 11.7 Å². The van der Waals surface area contributed by atoms with E-state index in [4.69, 9.17) is 15.2 Å². The summed E-state index contributed by atoms with van der Waals surface area (Å²) in [6.45, 7) is 1.12. The van der Waals surface area contributed by atoms with Gasteiger partial charge in [0.05, 0.1) is 19.9 Å². The van der Waals surface area contributed by atoms with Crippen molar-refractivity contribution < 1.29 is 14.3 Å². The van der Waals surface area contributed by atoms with Crippen LogP contribution in [0.15, 0.2) is 48.5 Å². The monoisotopic (exact) mass is 382 g/mol. The number of benzene rings is 2. The number of amides is 1. The maximum absolute atomic E-state index is 12.8. The van der Waals surface area contributed by atoms with Crippen molar-refractivity contribution in [1.82, 2.24) is 16.2 Å². The number of carbonyl (C=O) groups excluding carboxylic acids is 1. The molecule has 2 heterocycles. The molecule has 2 aromatic rings. The standard InChI is InChI=1S/C21H26N4O3/c1-27-16-8-7-15-9-13(12-28-17(15)10-16)11-23-21(26)19-18(20(22)25-24-19)14-5-3-2-4-6-14/h2-8,10,13,18-20,24-25H,9,11-12,22H2,1H3,(H,23,26). The molecule has 2 aliphatic heterocycles. The lowest BCUT2D eigenvalue weighted by molar-refractivity contribution is -0.123. The van der Waals surface area contributed by atoms with E-state index in [9.17, 15) is 4.79 Å². The van der Waals surface area contributed by atoms with Gasteiger partial charge in [-0.2, -0.15) is 0 Å². The van der Waals surface area contributed by atoms with Crippen LogP contribution in [0.1, 0.15) is 17.0 Å². The molecule has 148 valence electrons. The van der Waals surface area contributed by atoms with E-state index in [0.29, 0.717) is 13.2 Å². The van der Waals surface area contributed by atoms with E-state index in [1.165, 1.54) is 0 Å². The van der Waals surface area contributed by atoms with E-state index < -0.39 is 6.04 Å². The average Bonchev–Trinajstić information content (AvgIpc) is 3.13. The maximum Gasteiger partial charge on any atom is 0.239 e. The Morgan fingerprint density at radius 1 is 1.25 bits per heavy atom. The molecule has 5 N–H and O–H groups in total. The normalized spacial score (nSPS) is 26.2. The molecule has 2 aromatic carbocycles. The Kier molecular flexibility index (Phi) is 5.47. The van der Waals surface area contributed by atoms with Crippen LogP contribution in [0.4, 0.5) is 0 Å². The van der Waals surface area contributed by atoms with Gasteiger partial charge in [-0.05, 0) is 23.6 Å². The number of methoxy groups -OCH3 is 1. The molecule has 1 amide bonds. The van der Waals surface area contributed by atoms with Gasteiger partial charge < -0.3 is 20.5 Å². The quantitative estimate of drug-likeness (QED) is 0.614. The molecule has 0 saturated carbocycles. The van der Waals surface area contributed by atoms with Gasteiger partial charge in [-0.25, -0.2) is 10.9 Å². The minimum atomic E-state index is -0.418. The second kappa shape index (κ2) is 8.18. The third-order valence-electron chi connectivity index (χ3n) is 5.44. The lowest BCUT2D eigenvalue weighted by Crippen LogP contribution is -2.47. The van der Waals surface area contributed by atoms with Gasteiger partial charge in [0.2, 0.25) is 5.91 Å². The number of hydrazine groups is 1. The van der Waals surface area contributed by atoms with Crippen LogP contribution in [0, 0.1) is 5.92 Å². The van der Waals surface area contributed by atoms with Gasteiger partial charge in [0.15, 0.2) is 0 Å². The Hall–Kier alpha value is -2.61. The summed E-state index contributed by atoms with van der Waals surface area (Å²) in [6.07, 6.45) is 0.537. The zero-order valence-electron chi connectivity index (χ0n) is 15.9. The highest BCUT2D eigenvalue weighted by Gasteiger charge is 2.39. The summed E-state index contributed by atoms with van der Waals surface area (Å²) in [5.41, 5.74) is 14.4. The minimum absolute atomic E-state index is 0.0603. The Bertz CT molecular complexity index is 830. The molecule has 1 fully saturated rings. The van der Waals surface area contributed by atoms with Gasteiger partial charge in [-0.1, -0.05) is 36.4 Å². The van der Waals surface area contributed by atoms with Crippen molar-refractivity contribution >= 4 is 5.91 Å². The number of nitrogens with one attached hydrogen (secondary N) is 3. The third-order valence-corrected chi connectivity index (χ3v) is 5.44. The van der Waals surface area contributed by atoms with Crippen molar-refractivity contribution in [1.29, 1.82) is 0 Å². The minimum Gasteiger partial charge on any atom is -0.497 e. The highest BCUT2D eigenvalue weighted by molar-refractivity contribution is 5.83. The molecule has 2 aliphatic rings. The summed E-state index contributed by atoms with van der Waals surface area (Å²) < 4.78 is 11.1. The molecule has 0 bridgehead atoms. The van der Waals surface area contributed by atoms with Crippen molar-refractivity contribution in [3.63, 3.8) is 0 Å². The molecular formula is C21H26N4O3. The van der Waals surface area contributed by atoms with E-state index in [1.807, 2.05) is 48.5 Å². The second-order valence-corrected chi connectivity index (χ2v) is 7.33. The smallest absolute Gasteiger partial charge is 0.239 e. The number of fused-ring (bicyclic) bond motifs is 1. The summed E-state index contributed by atoms with van der Waals surface area (Å²) in [7, 11) is 1.64. The van der Waals surface area contributed by atoms with Gasteiger partial charge in [0, 0.05) is 24.4 Å². The Morgan fingerprint density at radius 2 is 2.07 bits per heavy atom. The molecule has 0 aromatic heterocycles. The van der Waals surface area contributed by atoms with Crippen LogP contribution in [-0.4, -0.2) is 38.4 Å². The van der Waals surface area contributed by atoms with E-state index in [1.54, 1.807) is 7.11 Å². The number of rotatable bonds is 5. The van der Waals surface area contributed by atoms with Crippen molar-refractivity contribution in [2.75, 3.05) is 20.3 Å². The lowest BCUT2D eigenvalue weighted by Gasteiger charge is -2.27. The zero-order chi connectivity index (χ0) is 19.5. The van der Waals surface area contributed by atoms with E-state index >= 15 is 0 Å². The van der Waals surface area contributed by atoms with E-state index in [0.717, 1.165) is 29.0 Å². The largest absolute Gasteiger partial charge is 0.497 e. The van der Waals surface area contributed by atoms with Crippen molar-refractivity contribution in [3.05, 3.63) is 59.7 Å². The first-order valence-electron chi connectivity index (χ1n) is 9.54. The fourth-order valence-electron chi connectivity index (χ4n) is 3.90. The van der Waals surface area contributed by atoms with Crippen LogP contribution in [0.5, 0.6) is 11.5 Å². The van der Waals surface area contributed by atoms with Gasteiger partial charge in [-0.15, -0.1) is 0 Å². The number of carbonyl (C=O) groups is 1.